The molecular formula is C12H15BrN2O2S. The second-order valence-corrected chi connectivity index (χ2v) is 7.18. The van der Waals surface area contributed by atoms with Crippen molar-refractivity contribution in [3.8, 4) is 0 Å². The number of sulfonamides is 1. The largest absolute Gasteiger partial charge is 0.398 e. The lowest BCUT2D eigenvalue weighted by molar-refractivity contribution is 0.428. The van der Waals surface area contributed by atoms with E-state index >= 15 is 0 Å². The maximum Gasteiger partial charge on any atom is 0.245 e. The van der Waals surface area contributed by atoms with Gasteiger partial charge in [-0.25, -0.2) is 8.42 Å². The van der Waals surface area contributed by atoms with E-state index in [4.69, 9.17) is 5.73 Å². The molecule has 6 heteroatoms. The van der Waals surface area contributed by atoms with Gasteiger partial charge < -0.3 is 5.73 Å². The summed E-state index contributed by atoms with van der Waals surface area (Å²) in [6.45, 7) is 2.88. The van der Waals surface area contributed by atoms with Crippen LogP contribution in [0.15, 0.2) is 39.2 Å². The van der Waals surface area contributed by atoms with Gasteiger partial charge in [0.1, 0.15) is 4.90 Å². The van der Waals surface area contributed by atoms with E-state index in [1.54, 1.807) is 18.2 Å². The fourth-order valence-electron chi connectivity index (χ4n) is 1.95. The smallest absolute Gasteiger partial charge is 0.245 e. The molecular weight excluding hydrogens is 316 g/mol. The molecule has 1 aromatic rings. The molecule has 1 aliphatic rings. The molecule has 0 bridgehead atoms. The third kappa shape index (κ3) is 2.60. The van der Waals surface area contributed by atoms with Crippen molar-refractivity contribution in [2.75, 3.05) is 18.8 Å². The van der Waals surface area contributed by atoms with Crippen molar-refractivity contribution in [3.63, 3.8) is 0 Å². The highest BCUT2D eigenvalue weighted by molar-refractivity contribution is 9.10. The van der Waals surface area contributed by atoms with Gasteiger partial charge in [-0.1, -0.05) is 27.6 Å². The van der Waals surface area contributed by atoms with Crippen LogP contribution < -0.4 is 5.73 Å². The van der Waals surface area contributed by atoms with Gasteiger partial charge in [0.2, 0.25) is 10.0 Å². The molecule has 1 aliphatic heterocycles. The van der Waals surface area contributed by atoms with Crippen LogP contribution >= 0.6 is 15.9 Å². The van der Waals surface area contributed by atoms with Crippen molar-refractivity contribution in [1.29, 1.82) is 0 Å². The van der Waals surface area contributed by atoms with E-state index in [-0.39, 0.29) is 10.6 Å². The van der Waals surface area contributed by atoms with Crippen LogP contribution in [0.2, 0.25) is 0 Å². The van der Waals surface area contributed by atoms with E-state index < -0.39 is 10.0 Å². The standard InChI is InChI=1S/C12H15BrN2O2S/c1-9-3-2-6-15(8-9)18(16,17)12-7-10(13)4-5-11(12)14/h3-5,7H,2,6,8,14H2,1H3. The molecule has 2 rings (SSSR count). The van der Waals surface area contributed by atoms with Gasteiger partial charge in [0, 0.05) is 17.6 Å². The van der Waals surface area contributed by atoms with E-state index in [9.17, 15) is 8.42 Å². The first-order chi connectivity index (χ1) is 8.41. The molecule has 1 aromatic carbocycles. The SMILES string of the molecule is CC1=CCCN(S(=O)(=O)c2cc(Br)ccc2N)C1. The van der Waals surface area contributed by atoms with Crippen LogP contribution in [-0.4, -0.2) is 25.8 Å². The highest BCUT2D eigenvalue weighted by Crippen LogP contribution is 2.27. The molecule has 0 unspecified atom stereocenters. The van der Waals surface area contributed by atoms with Gasteiger partial charge in [0.15, 0.2) is 0 Å². The fraction of sp³-hybridized carbons (Fsp3) is 0.333. The summed E-state index contributed by atoms with van der Waals surface area (Å²) in [4.78, 5) is 0.173. The maximum atomic E-state index is 12.5. The first-order valence-electron chi connectivity index (χ1n) is 5.62. The van der Waals surface area contributed by atoms with Gasteiger partial charge in [0.05, 0.1) is 5.69 Å². The van der Waals surface area contributed by atoms with Crippen molar-refractivity contribution in [2.45, 2.75) is 18.2 Å². The zero-order valence-electron chi connectivity index (χ0n) is 10.1. The predicted octanol–water partition coefficient (Wildman–Crippen LogP) is 2.37. The number of rotatable bonds is 2. The molecule has 4 nitrogen and oxygen atoms in total. The zero-order valence-corrected chi connectivity index (χ0v) is 12.5. The summed E-state index contributed by atoms with van der Waals surface area (Å²) in [5.41, 5.74) is 7.13. The molecule has 2 N–H and O–H groups in total. The summed E-state index contributed by atoms with van der Waals surface area (Å²) < 4.78 is 27.2. The first kappa shape index (κ1) is 13.6. The van der Waals surface area contributed by atoms with E-state index in [0.29, 0.717) is 17.6 Å². The van der Waals surface area contributed by atoms with E-state index in [0.717, 1.165) is 12.0 Å². The molecule has 1 heterocycles. The minimum absolute atomic E-state index is 0.173. The number of nitrogens with zero attached hydrogens (tertiary/aromatic N) is 1. The van der Waals surface area contributed by atoms with Crippen molar-refractivity contribution in [2.24, 2.45) is 0 Å². The summed E-state index contributed by atoms with van der Waals surface area (Å²) in [7, 11) is -3.51. The molecule has 0 aliphatic carbocycles. The minimum Gasteiger partial charge on any atom is -0.398 e. The highest BCUT2D eigenvalue weighted by Gasteiger charge is 2.27. The number of halogens is 1. The highest BCUT2D eigenvalue weighted by atomic mass is 79.9. The molecule has 0 fully saturated rings. The monoisotopic (exact) mass is 330 g/mol. The molecule has 0 amide bonds. The Balaban J connectivity index is 2.42. The summed E-state index contributed by atoms with van der Waals surface area (Å²) in [6, 6.07) is 4.89. The van der Waals surface area contributed by atoms with Crippen LogP contribution in [-0.2, 0) is 10.0 Å². The average molecular weight is 331 g/mol. The topological polar surface area (TPSA) is 63.4 Å². The molecule has 0 saturated heterocycles. The Morgan fingerprint density at radius 1 is 1.39 bits per heavy atom. The number of hydrogen-bond donors (Lipinski definition) is 1. The van der Waals surface area contributed by atoms with Crippen molar-refractivity contribution in [1.82, 2.24) is 4.31 Å². The van der Waals surface area contributed by atoms with E-state index in [1.165, 1.54) is 4.31 Å². The lowest BCUT2D eigenvalue weighted by Gasteiger charge is -2.26. The third-order valence-electron chi connectivity index (χ3n) is 2.89. The molecule has 0 spiro atoms. The molecule has 18 heavy (non-hydrogen) atoms. The lowest BCUT2D eigenvalue weighted by Crippen LogP contribution is -2.35. The van der Waals surface area contributed by atoms with Gasteiger partial charge in [-0.05, 0) is 31.5 Å². The van der Waals surface area contributed by atoms with Gasteiger partial charge in [0.25, 0.3) is 0 Å². The van der Waals surface area contributed by atoms with Crippen LogP contribution in [0.3, 0.4) is 0 Å². The Kier molecular flexibility index (Phi) is 3.79. The third-order valence-corrected chi connectivity index (χ3v) is 5.28. The predicted molar refractivity (Wildman–Crippen MR) is 75.7 cm³/mol. The second-order valence-electron chi connectivity index (χ2n) is 4.36. The van der Waals surface area contributed by atoms with Crippen LogP contribution in [0.4, 0.5) is 5.69 Å². The summed E-state index contributed by atoms with van der Waals surface area (Å²) in [5.74, 6) is 0. The van der Waals surface area contributed by atoms with Crippen molar-refractivity contribution >= 4 is 31.6 Å². The van der Waals surface area contributed by atoms with Crippen molar-refractivity contribution in [3.05, 3.63) is 34.3 Å². The Morgan fingerprint density at radius 2 is 2.11 bits per heavy atom. The normalized spacial score (nSPS) is 17.6. The first-order valence-corrected chi connectivity index (χ1v) is 7.85. The number of nitrogen functional groups attached to an aromatic ring is 1. The van der Waals surface area contributed by atoms with Gasteiger partial charge in [-0.2, -0.15) is 4.31 Å². The maximum absolute atomic E-state index is 12.5. The summed E-state index contributed by atoms with van der Waals surface area (Å²) in [5, 5.41) is 0. The number of nitrogens with two attached hydrogens (primary N) is 1. The van der Waals surface area contributed by atoms with Crippen molar-refractivity contribution < 1.29 is 8.42 Å². The molecule has 0 aromatic heterocycles. The zero-order chi connectivity index (χ0) is 13.3. The van der Waals surface area contributed by atoms with Crippen LogP contribution in [0.25, 0.3) is 0 Å². The Bertz CT molecular complexity index is 596. The van der Waals surface area contributed by atoms with Gasteiger partial charge in [-0.3, -0.25) is 0 Å². The molecule has 0 atom stereocenters. The minimum atomic E-state index is -3.51. The molecule has 0 radical (unpaired) electrons. The average Bonchev–Trinajstić information content (AvgIpc) is 2.32. The number of benzene rings is 1. The Labute approximate surface area is 116 Å². The number of hydrogen-bond acceptors (Lipinski definition) is 3. The quantitative estimate of drug-likeness (QED) is 0.668. The molecule has 98 valence electrons. The van der Waals surface area contributed by atoms with Crippen LogP contribution in [0.5, 0.6) is 0 Å². The van der Waals surface area contributed by atoms with Crippen LogP contribution in [0.1, 0.15) is 13.3 Å². The number of anilines is 1. The lowest BCUT2D eigenvalue weighted by atomic mass is 10.2. The van der Waals surface area contributed by atoms with Gasteiger partial charge >= 0.3 is 0 Å². The Hall–Kier alpha value is -0.850. The molecule has 0 saturated carbocycles. The fourth-order valence-corrected chi connectivity index (χ4v) is 4.10. The van der Waals surface area contributed by atoms with Gasteiger partial charge in [-0.15, -0.1) is 0 Å². The summed E-state index contributed by atoms with van der Waals surface area (Å²) >= 11 is 3.27. The summed E-state index contributed by atoms with van der Waals surface area (Å²) in [6.07, 6.45) is 2.81. The van der Waals surface area contributed by atoms with E-state index in [1.807, 2.05) is 6.92 Å². The second kappa shape index (κ2) is 5.03. The Morgan fingerprint density at radius 3 is 2.78 bits per heavy atom. The van der Waals surface area contributed by atoms with E-state index in [2.05, 4.69) is 22.0 Å². The van der Waals surface area contributed by atoms with Crippen LogP contribution in [0, 0.1) is 0 Å².